The molecule has 9 heteroatoms. The van der Waals surface area contributed by atoms with Crippen molar-refractivity contribution >= 4 is 51.2 Å². The Morgan fingerprint density at radius 2 is 1.68 bits per heavy atom. The number of hydrogen-bond donors (Lipinski definition) is 3. The predicted octanol–water partition coefficient (Wildman–Crippen LogP) is 6.98. The molecule has 4 aliphatic rings. The van der Waals surface area contributed by atoms with Crippen LogP contribution in [0.25, 0.3) is 0 Å². The lowest BCUT2D eigenvalue weighted by atomic mass is 9.43. The highest BCUT2D eigenvalue weighted by molar-refractivity contribution is 14.1. The smallest absolute Gasteiger partial charge is 0.305 e. The van der Waals surface area contributed by atoms with E-state index in [0.29, 0.717) is 49.2 Å². The molecule has 5 rings (SSSR count). The summed E-state index contributed by atoms with van der Waals surface area (Å²) in [6.45, 7) is 7.84. The molecule has 11 atom stereocenters. The van der Waals surface area contributed by atoms with E-state index < -0.39 is 6.10 Å². The number of carbonyl (C=O) groups is 1. The number of aliphatic hydroxyl groups is 3. The minimum atomic E-state index is -0.405. The number of rotatable bonds is 11. The van der Waals surface area contributed by atoms with Gasteiger partial charge < -0.3 is 29.5 Å². The van der Waals surface area contributed by atoms with E-state index >= 15 is 0 Å². The Kier molecular flexibility index (Phi) is 11.4. The Labute approximate surface area is 290 Å². The first-order chi connectivity index (χ1) is 20.9. The fourth-order valence-electron chi connectivity index (χ4n) is 10.1. The van der Waals surface area contributed by atoms with E-state index in [1.807, 2.05) is 12.1 Å². The lowest BCUT2D eigenvalue weighted by molar-refractivity contribution is -0.207. The van der Waals surface area contributed by atoms with Gasteiger partial charge in [-0.2, -0.15) is 0 Å². The van der Waals surface area contributed by atoms with Gasteiger partial charge in [0.05, 0.1) is 45.8 Å². The fourth-order valence-corrected chi connectivity index (χ4v) is 11.4. The van der Waals surface area contributed by atoms with Crippen molar-refractivity contribution in [1.29, 1.82) is 0 Å². The van der Waals surface area contributed by atoms with Gasteiger partial charge in [-0.05, 0) is 168 Å². The second-order valence-corrected chi connectivity index (χ2v) is 17.1. The molecule has 7 nitrogen and oxygen atoms in total. The second-order valence-electron chi connectivity index (χ2n) is 14.7. The molecule has 0 amide bonds. The van der Waals surface area contributed by atoms with Crippen LogP contribution in [0.1, 0.15) is 91.4 Å². The molecular formula is C35H52I2O7. The molecule has 44 heavy (non-hydrogen) atoms. The number of benzene rings is 1. The summed E-state index contributed by atoms with van der Waals surface area (Å²) >= 11 is 4.49. The van der Waals surface area contributed by atoms with Crippen LogP contribution in [0.15, 0.2) is 12.1 Å². The zero-order valence-corrected chi connectivity index (χ0v) is 31.1. The van der Waals surface area contributed by atoms with E-state index in [9.17, 15) is 20.1 Å². The second kappa shape index (κ2) is 14.4. The van der Waals surface area contributed by atoms with Gasteiger partial charge in [-0.25, -0.2) is 0 Å². The summed E-state index contributed by atoms with van der Waals surface area (Å²) < 4.78 is 18.9. The summed E-state index contributed by atoms with van der Waals surface area (Å²) in [5, 5.41) is 33.6. The first kappa shape index (κ1) is 35.0. The van der Waals surface area contributed by atoms with Crippen LogP contribution in [0.3, 0.4) is 0 Å². The molecule has 1 aromatic carbocycles. The lowest BCUT2D eigenvalue weighted by Gasteiger charge is -2.63. The van der Waals surface area contributed by atoms with Crippen molar-refractivity contribution in [2.24, 2.45) is 46.3 Å². The number of unbranched alkanes of at least 4 members (excludes halogenated alkanes) is 1. The van der Waals surface area contributed by atoms with Crippen molar-refractivity contribution < 1.29 is 34.3 Å². The molecule has 4 fully saturated rings. The molecule has 0 spiro atoms. The quantitative estimate of drug-likeness (QED) is 0.126. The van der Waals surface area contributed by atoms with Gasteiger partial charge >= 0.3 is 5.97 Å². The van der Waals surface area contributed by atoms with Crippen LogP contribution in [-0.4, -0.2) is 59.9 Å². The van der Waals surface area contributed by atoms with Gasteiger partial charge in [0.1, 0.15) is 11.5 Å². The van der Waals surface area contributed by atoms with Crippen LogP contribution in [0.4, 0.5) is 0 Å². The molecule has 0 unspecified atom stereocenters. The monoisotopic (exact) mass is 838 g/mol. The largest absolute Gasteiger partial charge is 0.496 e. The number of carbonyl (C=O) groups excluding carboxylic acids is 1. The zero-order chi connectivity index (χ0) is 31.8. The molecule has 0 heterocycles. The average Bonchev–Trinajstić information content (AvgIpc) is 3.34. The van der Waals surface area contributed by atoms with E-state index in [1.165, 1.54) is 0 Å². The minimum absolute atomic E-state index is 0.0814. The fraction of sp³-hybridized carbons (Fsp3) is 0.800. The van der Waals surface area contributed by atoms with Gasteiger partial charge in [0.2, 0.25) is 0 Å². The van der Waals surface area contributed by atoms with Gasteiger partial charge in [-0.3, -0.25) is 4.79 Å². The van der Waals surface area contributed by atoms with Crippen LogP contribution in [0.2, 0.25) is 0 Å². The van der Waals surface area contributed by atoms with Crippen molar-refractivity contribution in [2.45, 2.75) is 110 Å². The van der Waals surface area contributed by atoms with Crippen LogP contribution in [0, 0.1) is 53.5 Å². The highest BCUT2D eigenvalue weighted by Gasteiger charge is 2.65. The summed E-state index contributed by atoms with van der Waals surface area (Å²) in [5.74, 6) is 3.28. The van der Waals surface area contributed by atoms with E-state index in [-0.39, 0.29) is 34.9 Å². The third-order valence-corrected chi connectivity index (χ3v) is 14.3. The Morgan fingerprint density at radius 3 is 2.43 bits per heavy atom. The highest BCUT2D eigenvalue weighted by atomic mass is 127. The topological polar surface area (TPSA) is 105 Å². The number of methoxy groups -OCH3 is 1. The Hall–Kier alpha value is -0.370. The first-order valence-corrected chi connectivity index (χ1v) is 18.9. The maximum Gasteiger partial charge on any atom is 0.305 e. The molecule has 248 valence electrons. The summed E-state index contributed by atoms with van der Waals surface area (Å²) in [7, 11) is 1.66. The minimum Gasteiger partial charge on any atom is -0.496 e. The Balaban J connectivity index is 1.08. The molecule has 4 saturated carbocycles. The van der Waals surface area contributed by atoms with E-state index in [2.05, 4.69) is 66.0 Å². The number of esters is 1. The van der Waals surface area contributed by atoms with Crippen molar-refractivity contribution in [3.8, 4) is 11.5 Å². The SMILES string of the molecule is COc1cc(I)c(OCCCCOC(=O)CC[C@@H](C)[C@H]2CC[C@H]3[C@@H]4[C@H](O)C[C@@H]5C[C@H](O)CC[C@]5(C)[C@H]4C[C@H](O)[C@]23C)cc1I. The number of ether oxygens (including phenoxy) is 3. The number of hydrogen-bond acceptors (Lipinski definition) is 7. The summed E-state index contributed by atoms with van der Waals surface area (Å²) in [5.41, 5.74) is -0.166. The Morgan fingerprint density at radius 1 is 0.977 bits per heavy atom. The molecule has 3 N–H and O–H groups in total. The molecule has 1 aromatic rings. The molecule has 4 aliphatic carbocycles. The van der Waals surface area contributed by atoms with Crippen molar-refractivity contribution in [1.82, 2.24) is 0 Å². The van der Waals surface area contributed by atoms with Crippen LogP contribution in [-0.2, 0) is 9.53 Å². The van der Waals surface area contributed by atoms with Crippen LogP contribution in [0.5, 0.6) is 11.5 Å². The van der Waals surface area contributed by atoms with Crippen molar-refractivity contribution in [3.63, 3.8) is 0 Å². The lowest BCUT2D eigenvalue weighted by Crippen LogP contribution is -2.62. The molecule has 0 bridgehead atoms. The third-order valence-electron chi connectivity index (χ3n) is 12.6. The number of halogens is 2. The maximum atomic E-state index is 12.6. The van der Waals surface area contributed by atoms with E-state index in [4.69, 9.17) is 14.2 Å². The average molecular weight is 839 g/mol. The number of fused-ring (bicyclic) bond motifs is 5. The van der Waals surface area contributed by atoms with Gasteiger partial charge in [-0.1, -0.05) is 20.8 Å². The summed E-state index contributed by atoms with van der Waals surface area (Å²) in [6, 6.07) is 3.95. The van der Waals surface area contributed by atoms with Crippen molar-refractivity contribution in [2.75, 3.05) is 20.3 Å². The molecule has 0 radical (unpaired) electrons. The highest BCUT2D eigenvalue weighted by Crippen LogP contribution is 2.68. The maximum absolute atomic E-state index is 12.6. The third kappa shape index (κ3) is 6.79. The first-order valence-electron chi connectivity index (χ1n) is 16.8. The number of aliphatic hydroxyl groups excluding tert-OH is 3. The molecule has 0 aliphatic heterocycles. The standard InChI is InChI=1S/C35H52I2O7/c1-20(7-10-32(41)44-14-6-5-13-43-30-19-26(36)29(42-4)18-27(30)37)23-8-9-24-33-25(17-31(40)35(23,24)3)34(2)12-11-22(38)15-21(34)16-28(33)39/h18-25,28,31,33,38-40H,5-17H2,1-4H3/t20-,21+,22-,23-,24+,25+,28-,31+,33+,34+,35-/m1/s1. The Bertz CT molecular complexity index is 1160. The van der Waals surface area contributed by atoms with E-state index in [0.717, 1.165) is 82.8 Å². The summed E-state index contributed by atoms with van der Waals surface area (Å²) in [4.78, 5) is 12.6. The molecule has 0 saturated heterocycles. The predicted molar refractivity (Wildman–Crippen MR) is 187 cm³/mol. The normalized spacial score (nSPS) is 38.7. The summed E-state index contributed by atoms with van der Waals surface area (Å²) in [6.07, 6.45) is 7.85. The van der Waals surface area contributed by atoms with Gasteiger partial charge in [0.25, 0.3) is 0 Å². The van der Waals surface area contributed by atoms with Crippen molar-refractivity contribution in [3.05, 3.63) is 19.3 Å². The van der Waals surface area contributed by atoms with Crippen LogP contribution >= 0.6 is 45.2 Å². The van der Waals surface area contributed by atoms with E-state index in [1.54, 1.807) is 7.11 Å². The molecular weight excluding hydrogens is 786 g/mol. The zero-order valence-electron chi connectivity index (χ0n) is 26.8. The van der Waals surface area contributed by atoms with Gasteiger partial charge in [0, 0.05) is 6.42 Å². The van der Waals surface area contributed by atoms with Gasteiger partial charge in [0.15, 0.2) is 0 Å². The molecule has 0 aromatic heterocycles. The van der Waals surface area contributed by atoms with Crippen LogP contribution < -0.4 is 9.47 Å². The van der Waals surface area contributed by atoms with Gasteiger partial charge in [-0.15, -0.1) is 0 Å².